The smallest absolute Gasteiger partial charge is 0.228 e. The molecule has 2 rings (SSSR count). The fourth-order valence-electron chi connectivity index (χ4n) is 1.70. The Balaban J connectivity index is 2.05. The number of benzene rings is 1. The van der Waals surface area contributed by atoms with Crippen molar-refractivity contribution in [1.29, 1.82) is 0 Å². The fraction of sp³-hybridized carbons (Fsp3) is 0.364. The summed E-state index contributed by atoms with van der Waals surface area (Å²) < 4.78 is 13.4. The van der Waals surface area contributed by atoms with Gasteiger partial charge in [-0.15, -0.1) is 0 Å². The van der Waals surface area contributed by atoms with Crippen molar-refractivity contribution >= 4 is 23.2 Å². The highest BCUT2D eigenvalue weighted by molar-refractivity contribution is 6.30. The summed E-state index contributed by atoms with van der Waals surface area (Å²) in [7, 11) is 0. The zero-order chi connectivity index (χ0) is 11.5. The van der Waals surface area contributed by atoms with E-state index < -0.39 is 5.82 Å². The minimum Gasteiger partial charge on any atom is -0.323 e. The molecule has 86 valence electrons. The molecular weight excluding hydrogens is 231 g/mol. The van der Waals surface area contributed by atoms with Crippen molar-refractivity contribution in [2.24, 2.45) is 5.92 Å². The molecule has 1 heterocycles. The summed E-state index contributed by atoms with van der Waals surface area (Å²) in [6.07, 6.45) is 0.793. The third kappa shape index (κ3) is 2.51. The molecule has 3 nitrogen and oxygen atoms in total. The van der Waals surface area contributed by atoms with Crippen LogP contribution in [0.4, 0.5) is 10.1 Å². The average molecular weight is 243 g/mol. The summed E-state index contributed by atoms with van der Waals surface area (Å²) in [4.78, 5) is 11.7. The number of amides is 1. The first kappa shape index (κ1) is 11.4. The van der Waals surface area contributed by atoms with Gasteiger partial charge in [-0.3, -0.25) is 4.79 Å². The van der Waals surface area contributed by atoms with E-state index in [2.05, 4.69) is 10.6 Å². The number of halogens is 2. The number of nitrogens with one attached hydrogen (secondary N) is 2. The topological polar surface area (TPSA) is 41.1 Å². The minimum absolute atomic E-state index is 0.0740. The number of carbonyl (C=O) groups is 1. The van der Waals surface area contributed by atoms with E-state index in [-0.39, 0.29) is 17.5 Å². The van der Waals surface area contributed by atoms with E-state index in [9.17, 15) is 9.18 Å². The van der Waals surface area contributed by atoms with Crippen LogP contribution in [0, 0.1) is 11.7 Å². The Morgan fingerprint density at radius 2 is 2.38 bits per heavy atom. The molecular formula is C11H12ClFN2O. The van der Waals surface area contributed by atoms with Crippen molar-refractivity contribution in [2.75, 3.05) is 18.4 Å². The lowest BCUT2D eigenvalue weighted by Crippen LogP contribution is -2.25. The molecule has 1 aliphatic rings. The molecule has 0 aliphatic carbocycles. The summed E-state index contributed by atoms with van der Waals surface area (Å²) in [6.45, 7) is 1.49. The highest BCUT2D eigenvalue weighted by atomic mass is 35.5. The van der Waals surface area contributed by atoms with Gasteiger partial charge in [0.1, 0.15) is 5.82 Å². The Bertz CT molecular complexity index is 405. The van der Waals surface area contributed by atoms with Crippen LogP contribution in [0.5, 0.6) is 0 Å². The standard InChI is InChI=1S/C11H12ClFN2O/c12-8-1-2-10(9(13)5-8)15-11(16)7-3-4-14-6-7/h1-2,5,7,14H,3-4,6H2,(H,15,16). The summed E-state index contributed by atoms with van der Waals surface area (Å²) in [5.41, 5.74) is 0.182. The lowest BCUT2D eigenvalue weighted by atomic mass is 10.1. The van der Waals surface area contributed by atoms with E-state index in [1.807, 2.05) is 0 Å². The molecule has 2 N–H and O–H groups in total. The number of hydrogen-bond donors (Lipinski definition) is 2. The quantitative estimate of drug-likeness (QED) is 0.833. The van der Waals surface area contributed by atoms with Crippen LogP contribution in [0.3, 0.4) is 0 Å². The van der Waals surface area contributed by atoms with Crippen molar-refractivity contribution in [2.45, 2.75) is 6.42 Å². The maximum absolute atomic E-state index is 13.4. The molecule has 1 aromatic carbocycles. The van der Waals surface area contributed by atoms with E-state index in [0.29, 0.717) is 11.6 Å². The Kier molecular flexibility index (Phi) is 3.41. The van der Waals surface area contributed by atoms with Crippen LogP contribution in [0.2, 0.25) is 5.02 Å². The summed E-state index contributed by atoms with van der Waals surface area (Å²) in [6, 6.07) is 4.20. The SMILES string of the molecule is O=C(Nc1ccc(Cl)cc1F)C1CCNC1. The largest absolute Gasteiger partial charge is 0.323 e. The van der Waals surface area contributed by atoms with Gasteiger partial charge in [0.05, 0.1) is 11.6 Å². The summed E-state index contributed by atoms with van der Waals surface area (Å²) in [5, 5.41) is 5.97. The van der Waals surface area contributed by atoms with Crippen LogP contribution in [0.1, 0.15) is 6.42 Å². The maximum Gasteiger partial charge on any atom is 0.228 e. The second-order valence-electron chi connectivity index (χ2n) is 3.80. The number of anilines is 1. The maximum atomic E-state index is 13.4. The van der Waals surface area contributed by atoms with Crippen LogP contribution in [0.15, 0.2) is 18.2 Å². The van der Waals surface area contributed by atoms with Gasteiger partial charge in [0, 0.05) is 11.6 Å². The fourth-order valence-corrected chi connectivity index (χ4v) is 1.86. The average Bonchev–Trinajstić information content (AvgIpc) is 2.75. The second-order valence-corrected chi connectivity index (χ2v) is 4.24. The van der Waals surface area contributed by atoms with Crippen LogP contribution < -0.4 is 10.6 Å². The van der Waals surface area contributed by atoms with E-state index >= 15 is 0 Å². The molecule has 1 aliphatic heterocycles. The molecule has 1 atom stereocenters. The van der Waals surface area contributed by atoms with Crippen LogP contribution in [0.25, 0.3) is 0 Å². The zero-order valence-electron chi connectivity index (χ0n) is 8.59. The van der Waals surface area contributed by atoms with Gasteiger partial charge in [-0.2, -0.15) is 0 Å². The second kappa shape index (κ2) is 4.80. The first-order chi connectivity index (χ1) is 7.66. The van der Waals surface area contributed by atoms with E-state index in [1.54, 1.807) is 6.07 Å². The van der Waals surface area contributed by atoms with Gasteiger partial charge in [-0.1, -0.05) is 11.6 Å². The van der Waals surface area contributed by atoms with Gasteiger partial charge in [-0.05, 0) is 31.2 Å². The molecule has 0 bridgehead atoms. The van der Waals surface area contributed by atoms with Gasteiger partial charge in [0.25, 0.3) is 0 Å². The monoisotopic (exact) mass is 242 g/mol. The Morgan fingerprint density at radius 3 is 3.00 bits per heavy atom. The highest BCUT2D eigenvalue weighted by Crippen LogP contribution is 2.20. The normalized spacial score (nSPS) is 19.8. The number of carbonyl (C=O) groups excluding carboxylic acids is 1. The highest BCUT2D eigenvalue weighted by Gasteiger charge is 2.22. The number of hydrogen-bond acceptors (Lipinski definition) is 2. The molecule has 16 heavy (non-hydrogen) atoms. The van der Waals surface area contributed by atoms with Gasteiger partial charge in [0.2, 0.25) is 5.91 Å². The Morgan fingerprint density at radius 1 is 1.56 bits per heavy atom. The van der Waals surface area contributed by atoms with Gasteiger partial charge in [-0.25, -0.2) is 4.39 Å². The molecule has 5 heteroatoms. The summed E-state index contributed by atoms with van der Waals surface area (Å²) in [5.74, 6) is -0.729. The summed E-state index contributed by atoms with van der Waals surface area (Å²) >= 11 is 5.62. The first-order valence-electron chi connectivity index (χ1n) is 5.13. The zero-order valence-corrected chi connectivity index (χ0v) is 9.35. The van der Waals surface area contributed by atoms with Gasteiger partial charge >= 0.3 is 0 Å². The van der Waals surface area contributed by atoms with Crippen molar-refractivity contribution in [1.82, 2.24) is 5.32 Å². The molecule has 0 aromatic heterocycles. The minimum atomic E-state index is -0.508. The molecule has 1 aromatic rings. The van der Waals surface area contributed by atoms with Gasteiger partial charge < -0.3 is 10.6 Å². The molecule has 1 saturated heterocycles. The van der Waals surface area contributed by atoms with Crippen LogP contribution in [-0.4, -0.2) is 19.0 Å². The van der Waals surface area contributed by atoms with Gasteiger partial charge in [0.15, 0.2) is 0 Å². The molecule has 1 unspecified atom stereocenters. The van der Waals surface area contributed by atoms with Crippen molar-refractivity contribution in [3.05, 3.63) is 29.0 Å². The lowest BCUT2D eigenvalue weighted by Gasteiger charge is -2.10. The third-order valence-electron chi connectivity index (χ3n) is 2.62. The van der Waals surface area contributed by atoms with E-state index in [4.69, 9.17) is 11.6 Å². The first-order valence-corrected chi connectivity index (χ1v) is 5.51. The molecule has 1 fully saturated rings. The molecule has 0 spiro atoms. The van der Waals surface area contributed by atoms with Crippen LogP contribution in [-0.2, 0) is 4.79 Å². The number of rotatable bonds is 2. The molecule has 0 radical (unpaired) electrons. The van der Waals surface area contributed by atoms with Crippen molar-refractivity contribution in [3.63, 3.8) is 0 Å². The predicted octanol–water partition coefficient (Wildman–Crippen LogP) is 2.03. The predicted molar refractivity (Wildman–Crippen MR) is 61.0 cm³/mol. The lowest BCUT2D eigenvalue weighted by molar-refractivity contribution is -0.119. The Hall–Kier alpha value is -1.13. The van der Waals surface area contributed by atoms with Crippen molar-refractivity contribution in [3.8, 4) is 0 Å². The molecule has 0 saturated carbocycles. The van der Waals surface area contributed by atoms with Crippen molar-refractivity contribution < 1.29 is 9.18 Å². The Labute approximate surface area is 98.0 Å². The third-order valence-corrected chi connectivity index (χ3v) is 2.86. The molecule has 1 amide bonds. The van der Waals surface area contributed by atoms with Crippen LogP contribution >= 0.6 is 11.6 Å². The van der Waals surface area contributed by atoms with E-state index in [0.717, 1.165) is 13.0 Å². The van der Waals surface area contributed by atoms with E-state index in [1.165, 1.54) is 12.1 Å².